The van der Waals surface area contributed by atoms with E-state index in [-0.39, 0.29) is 5.91 Å². The number of aryl methyl sites for hydroxylation is 2. The van der Waals surface area contributed by atoms with Crippen LogP contribution in [0.25, 0.3) is 10.9 Å². The van der Waals surface area contributed by atoms with Crippen LogP contribution in [0.2, 0.25) is 0 Å². The third-order valence-electron chi connectivity index (χ3n) is 3.50. The largest absolute Gasteiger partial charge is 0.497 e. The van der Waals surface area contributed by atoms with Gasteiger partial charge in [0.1, 0.15) is 17.2 Å². The van der Waals surface area contributed by atoms with Crippen LogP contribution in [0.4, 0.5) is 0 Å². The standard InChI is InChI=1S/C17H17N3O3/c1-10-6-15(14-8-13(22-3)4-5-16(14)19-10)17(21)18-9-12-7-11(2)23-20-12/h4-8H,9H2,1-3H3,(H,18,21). The van der Waals surface area contributed by atoms with Crippen LogP contribution in [0, 0.1) is 13.8 Å². The molecule has 0 fully saturated rings. The highest BCUT2D eigenvalue weighted by Crippen LogP contribution is 2.23. The fourth-order valence-electron chi connectivity index (χ4n) is 2.42. The lowest BCUT2D eigenvalue weighted by atomic mass is 10.1. The van der Waals surface area contributed by atoms with Gasteiger partial charge in [-0.25, -0.2) is 0 Å². The Balaban J connectivity index is 1.92. The molecule has 118 valence electrons. The molecule has 2 aromatic heterocycles. The first-order valence-electron chi connectivity index (χ1n) is 7.22. The zero-order chi connectivity index (χ0) is 16.4. The van der Waals surface area contributed by atoms with Gasteiger partial charge in [0.2, 0.25) is 0 Å². The predicted molar refractivity (Wildman–Crippen MR) is 85.4 cm³/mol. The molecule has 0 atom stereocenters. The Hall–Kier alpha value is -2.89. The van der Waals surface area contributed by atoms with Crippen molar-refractivity contribution >= 4 is 16.8 Å². The Morgan fingerprint density at radius 1 is 1.26 bits per heavy atom. The number of methoxy groups -OCH3 is 1. The fourth-order valence-corrected chi connectivity index (χ4v) is 2.42. The highest BCUT2D eigenvalue weighted by Gasteiger charge is 2.13. The van der Waals surface area contributed by atoms with Gasteiger partial charge in [0.05, 0.1) is 24.7 Å². The first-order valence-corrected chi connectivity index (χ1v) is 7.22. The normalized spacial score (nSPS) is 10.7. The minimum atomic E-state index is -0.186. The van der Waals surface area contributed by atoms with Crippen molar-refractivity contribution in [2.24, 2.45) is 0 Å². The van der Waals surface area contributed by atoms with Crippen LogP contribution in [0.3, 0.4) is 0 Å². The molecule has 3 aromatic rings. The van der Waals surface area contributed by atoms with Gasteiger partial charge in [-0.15, -0.1) is 0 Å². The molecule has 6 nitrogen and oxygen atoms in total. The van der Waals surface area contributed by atoms with Crippen molar-refractivity contribution in [2.75, 3.05) is 7.11 Å². The maximum absolute atomic E-state index is 12.6. The highest BCUT2D eigenvalue weighted by molar-refractivity contribution is 6.06. The minimum absolute atomic E-state index is 0.186. The lowest BCUT2D eigenvalue weighted by molar-refractivity contribution is 0.0951. The Kier molecular flexibility index (Phi) is 3.97. The molecule has 1 amide bonds. The molecule has 0 saturated heterocycles. The van der Waals surface area contributed by atoms with Gasteiger partial charge in [-0.05, 0) is 38.1 Å². The molecule has 0 aliphatic heterocycles. The van der Waals surface area contributed by atoms with Gasteiger partial charge in [-0.3, -0.25) is 9.78 Å². The molecule has 0 unspecified atom stereocenters. The van der Waals surface area contributed by atoms with E-state index >= 15 is 0 Å². The Morgan fingerprint density at radius 3 is 2.78 bits per heavy atom. The molecule has 1 aromatic carbocycles. The van der Waals surface area contributed by atoms with Gasteiger partial charge in [0.15, 0.2) is 0 Å². The van der Waals surface area contributed by atoms with Crippen LogP contribution < -0.4 is 10.1 Å². The van der Waals surface area contributed by atoms with Crippen LogP contribution in [0.1, 0.15) is 27.5 Å². The van der Waals surface area contributed by atoms with Gasteiger partial charge in [-0.2, -0.15) is 0 Å². The van der Waals surface area contributed by atoms with Crippen molar-refractivity contribution in [3.63, 3.8) is 0 Å². The van der Waals surface area contributed by atoms with Crippen molar-refractivity contribution in [1.29, 1.82) is 0 Å². The minimum Gasteiger partial charge on any atom is -0.497 e. The predicted octanol–water partition coefficient (Wildman–Crippen LogP) is 2.78. The molecule has 3 rings (SSSR count). The summed E-state index contributed by atoms with van der Waals surface area (Å²) in [5, 5.41) is 7.48. The molecule has 0 aliphatic carbocycles. The van der Waals surface area contributed by atoms with Gasteiger partial charge in [-0.1, -0.05) is 5.16 Å². The highest BCUT2D eigenvalue weighted by atomic mass is 16.5. The van der Waals surface area contributed by atoms with Crippen LogP contribution in [-0.4, -0.2) is 23.2 Å². The molecule has 23 heavy (non-hydrogen) atoms. The molecule has 0 bridgehead atoms. The summed E-state index contributed by atoms with van der Waals surface area (Å²) in [5.41, 5.74) is 2.79. The number of fused-ring (bicyclic) bond motifs is 1. The summed E-state index contributed by atoms with van der Waals surface area (Å²) in [5.74, 6) is 1.21. The van der Waals surface area contributed by atoms with Crippen LogP contribution in [0.5, 0.6) is 5.75 Å². The van der Waals surface area contributed by atoms with Gasteiger partial charge < -0.3 is 14.6 Å². The second kappa shape index (κ2) is 6.08. The van der Waals surface area contributed by atoms with Crippen LogP contribution in [0.15, 0.2) is 34.9 Å². The van der Waals surface area contributed by atoms with Crippen molar-refractivity contribution in [3.8, 4) is 5.75 Å². The monoisotopic (exact) mass is 311 g/mol. The molecular weight excluding hydrogens is 294 g/mol. The quantitative estimate of drug-likeness (QED) is 0.801. The third-order valence-corrected chi connectivity index (χ3v) is 3.50. The number of carbonyl (C=O) groups excluding carboxylic acids is 1. The molecule has 0 saturated carbocycles. The van der Waals surface area contributed by atoms with Crippen molar-refractivity contribution < 1.29 is 14.1 Å². The van der Waals surface area contributed by atoms with Crippen LogP contribution >= 0.6 is 0 Å². The van der Waals surface area contributed by atoms with Gasteiger partial charge >= 0.3 is 0 Å². The number of rotatable bonds is 4. The number of hydrogen-bond acceptors (Lipinski definition) is 5. The summed E-state index contributed by atoms with van der Waals surface area (Å²) in [6.45, 7) is 3.98. The number of nitrogens with one attached hydrogen (secondary N) is 1. The Bertz CT molecular complexity index is 871. The van der Waals surface area contributed by atoms with E-state index in [1.807, 2.05) is 32.0 Å². The lowest BCUT2D eigenvalue weighted by Gasteiger charge is -2.09. The molecular formula is C17H17N3O3. The van der Waals surface area contributed by atoms with E-state index in [0.717, 1.165) is 16.6 Å². The molecule has 6 heteroatoms. The summed E-state index contributed by atoms with van der Waals surface area (Å²) < 4.78 is 10.2. The summed E-state index contributed by atoms with van der Waals surface area (Å²) in [4.78, 5) is 17.0. The molecule has 1 N–H and O–H groups in total. The summed E-state index contributed by atoms with van der Waals surface area (Å²) in [6.07, 6.45) is 0. The summed E-state index contributed by atoms with van der Waals surface area (Å²) in [6, 6.07) is 9.05. The summed E-state index contributed by atoms with van der Waals surface area (Å²) >= 11 is 0. The second-order valence-electron chi connectivity index (χ2n) is 5.31. The summed E-state index contributed by atoms with van der Waals surface area (Å²) in [7, 11) is 1.59. The van der Waals surface area contributed by atoms with E-state index in [9.17, 15) is 4.79 Å². The first kappa shape index (κ1) is 15.0. The topological polar surface area (TPSA) is 77.2 Å². The van der Waals surface area contributed by atoms with E-state index in [1.165, 1.54) is 0 Å². The third kappa shape index (κ3) is 3.15. The maximum Gasteiger partial charge on any atom is 0.252 e. The number of amides is 1. The van der Waals surface area contributed by atoms with Crippen LogP contribution in [-0.2, 0) is 6.54 Å². The number of ether oxygens (including phenoxy) is 1. The first-order chi connectivity index (χ1) is 11.1. The molecule has 0 radical (unpaired) electrons. The zero-order valence-electron chi connectivity index (χ0n) is 13.2. The van der Waals surface area contributed by atoms with Crippen molar-refractivity contribution in [3.05, 3.63) is 53.0 Å². The van der Waals surface area contributed by atoms with E-state index in [2.05, 4.69) is 15.5 Å². The number of pyridine rings is 1. The van der Waals surface area contributed by atoms with Crippen molar-refractivity contribution in [2.45, 2.75) is 20.4 Å². The maximum atomic E-state index is 12.6. The number of aromatic nitrogens is 2. The average Bonchev–Trinajstić information content (AvgIpc) is 2.96. The molecule has 0 aliphatic rings. The van der Waals surface area contributed by atoms with E-state index in [0.29, 0.717) is 29.3 Å². The van der Waals surface area contributed by atoms with E-state index < -0.39 is 0 Å². The number of benzene rings is 1. The van der Waals surface area contributed by atoms with Gasteiger partial charge in [0.25, 0.3) is 5.91 Å². The Morgan fingerprint density at radius 2 is 2.09 bits per heavy atom. The van der Waals surface area contributed by atoms with E-state index in [1.54, 1.807) is 19.2 Å². The van der Waals surface area contributed by atoms with Gasteiger partial charge in [0, 0.05) is 17.1 Å². The zero-order valence-corrected chi connectivity index (χ0v) is 13.2. The number of hydrogen-bond donors (Lipinski definition) is 1. The molecule has 0 spiro atoms. The molecule has 2 heterocycles. The number of nitrogens with zero attached hydrogens (tertiary/aromatic N) is 2. The lowest BCUT2D eigenvalue weighted by Crippen LogP contribution is -2.23. The van der Waals surface area contributed by atoms with E-state index in [4.69, 9.17) is 9.26 Å². The Labute approximate surface area is 133 Å². The average molecular weight is 311 g/mol. The fraction of sp³-hybridized carbons (Fsp3) is 0.235. The second-order valence-corrected chi connectivity index (χ2v) is 5.31. The SMILES string of the molecule is COc1ccc2nc(C)cc(C(=O)NCc3cc(C)on3)c2c1. The van der Waals surface area contributed by atoms with Crippen molar-refractivity contribution in [1.82, 2.24) is 15.5 Å². The smallest absolute Gasteiger partial charge is 0.252 e. The number of carbonyl (C=O) groups is 1.